The predicted molar refractivity (Wildman–Crippen MR) is 129 cm³/mol. The Morgan fingerprint density at radius 2 is 1.19 bits per heavy atom. The van der Waals surface area contributed by atoms with Crippen LogP contribution in [0.1, 0.15) is 65.2 Å². The van der Waals surface area contributed by atoms with E-state index in [4.69, 9.17) is 0 Å². The summed E-state index contributed by atoms with van der Waals surface area (Å²) >= 11 is 3.87. The van der Waals surface area contributed by atoms with Crippen LogP contribution in [0, 0.1) is 0 Å². The molecule has 1 rings (SSSR count). The highest BCUT2D eigenvalue weighted by molar-refractivity contribution is 9.10. The van der Waals surface area contributed by atoms with Crippen molar-refractivity contribution >= 4 is 38.1 Å². The lowest BCUT2D eigenvalue weighted by molar-refractivity contribution is 0.693. The third kappa shape index (κ3) is 7.51. The molecule has 0 saturated heterocycles. The van der Waals surface area contributed by atoms with Crippen LogP contribution in [0.2, 0.25) is 38.3 Å². The van der Waals surface area contributed by atoms with Crippen molar-refractivity contribution in [1.82, 2.24) is 0 Å². The van der Waals surface area contributed by atoms with Crippen LogP contribution in [0.15, 0.2) is 28.7 Å². The molecule has 0 saturated carbocycles. The fraction of sp³-hybridized carbons (Fsp3) is 0.727. The molecule has 0 amide bonds. The van der Waals surface area contributed by atoms with Gasteiger partial charge in [-0.25, -0.2) is 0 Å². The van der Waals surface area contributed by atoms with Gasteiger partial charge in [0.05, 0.1) is 0 Å². The fourth-order valence-corrected chi connectivity index (χ4v) is 16.7. The number of halogens is 1. The SMILES string of the molecule is CCCCCC[Si](C)(C)N(c1ccccc1Br)[Si](C)(C)CCCCCC. The summed E-state index contributed by atoms with van der Waals surface area (Å²) in [6, 6.07) is 11.8. The van der Waals surface area contributed by atoms with Crippen LogP contribution in [-0.2, 0) is 0 Å². The van der Waals surface area contributed by atoms with Crippen LogP contribution in [0.25, 0.3) is 0 Å². The molecule has 1 nitrogen and oxygen atoms in total. The lowest BCUT2D eigenvalue weighted by Gasteiger charge is -2.50. The van der Waals surface area contributed by atoms with Gasteiger partial charge in [0.2, 0.25) is 0 Å². The highest BCUT2D eigenvalue weighted by atomic mass is 79.9. The summed E-state index contributed by atoms with van der Waals surface area (Å²) in [5, 5.41) is 0. The van der Waals surface area contributed by atoms with E-state index >= 15 is 0 Å². The number of nitrogens with zero attached hydrogens (tertiary/aromatic N) is 1. The van der Waals surface area contributed by atoms with Gasteiger partial charge in [0.1, 0.15) is 16.5 Å². The molecule has 0 aliphatic carbocycles. The van der Waals surface area contributed by atoms with Gasteiger partial charge in [0.15, 0.2) is 0 Å². The predicted octanol–water partition coefficient (Wildman–Crippen LogP) is 8.83. The van der Waals surface area contributed by atoms with Crippen molar-refractivity contribution in [1.29, 1.82) is 0 Å². The molecular weight excluding hydrogens is 414 g/mol. The third-order valence-corrected chi connectivity index (χ3v) is 15.9. The van der Waals surface area contributed by atoms with Crippen LogP contribution in [0.4, 0.5) is 5.69 Å². The zero-order valence-electron chi connectivity index (χ0n) is 18.2. The fourth-order valence-electron chi connectivity index (χ4n) is 4.30. The molecule has 26 heavy (non-hydrogen) atoms. The van der Waals surface area contributed by atoms with Crippen molar-refractivity contribution in [3.63, 3.8) is 0 Å². The average Bonchev–Trinajstić information content (AvgIpc) is 2.57. The summed E-state index contributed by atoms with van der Waals surface area (Å²) in [5.74, 6) is 0. The number of hydrogen-bond donors (Lipinski definition) is 0. The first kappa shape index (κ1) is 24.0. The van der Waals surface area contributed by atoms with Crippen LogP contribution >= 0.6 is 15.9 Å². The maximum atomic E-state index is 3.87. The molecule has 1 aromatic rings. The van der Waals surface area contributed by atoms with Gasteiger partial charge in [-0.3, -0.25) is 0 Å². The second-order valence-electron chi connectivity index (χ2n) is 9.03. The molecule has 1 aromatic carbocycles. The Bertz CT molecular complexity index is 493. The number of rotatable bonds is 13. The molecule has 0 aliphatic heterocycles. The molecule has 0 bridgehead atoms. The van der Waals surface area contributed by atoms with Gasteiger partial charge in [-0.05, 0) is 40.2 Å². The van der Waals surface area contributed by atoms with Crippen LogP contribution in [-0.4, -0.2) is 16.5 Å². The van der Waals surface area contributed by atoms with E-state index in [1.165, 1.54) is 73.6 Å². The van der Waals surface area contributed by atoms with Crippen molar-refractivity contribution in [2.75, 3.05) is 4.23 Å². The first-order chi connectivity index (χ1) is 12.3. The maximum absolute atomic E-state index is 3.87. The Morgan fingerprint density at radius 3 is 1.62 bits per heavy atom. The topological polar surface area (TPSA) is 3.24 Å². The second kappa shape index (κ2) is 11.7. The summed E-state index contributed by atoms with van der Waals surface area (Å²) < 4.78 is 4.27. The van der Waals surface area contributed by atoms with E-state index in [2.05, 4.69) is 84.5 Å². The lowest BCUT2D eigenvalue weighted by atomic mass is 10.2. The molecule has 0 unspecified atom stereocenters. The van der Waals surface area contributed by atoms with Gasteiger partial charge in [-0.1, -0.05) is 104 Å². The van der Waals surface area contributed by atoms with Gasteiger partial charge in [0, 0.05) is 10.2 Å². The van der Waals surface area contributed by atoms with Crippen molar-refractivity contribution in [2.45, 2.75) is 103 Å². The van der Waals surface area contributed by atoms with E-state index < -0.39 is 16.5 Å². The Morgan fingerprint density at radius 1 is 0.731 bits per heavy atom. The van der Waals surface area contributed by atoms with Crippen LogP contribution in [0.3, 0.4) is 0 Å². The summed E-state index contributed by atoms with van der Waals surface area (Å²) in [6.07, 6.45) is 11.0. The Hall–Kier alpha value is -0.0662. The van der Waals surface area contributed by atoms with E-state index in [0.29, 0.717) is 0 Å². The Balaban J connectivity index is 3.03. The second-order valence-corrected chi connectivity index (χ2v) is 19.5. The molecule has 0 N–H and O–H groups in total. The number of anilines is 1. The van der Waals surface area contributed by atoms with E-state index in [1.807, 2.05) is 0 Å². The number of para-hydroxylation sites is 1. The lowest BCUT2D eigenvalue weighted by Crippen LogP contribution is -2.62. The zero-order valence-corrected chi connectivity index (χ0v) is 21.8. The molecule has 0 spiro atoms. The van der Waals surface area contributed by atoms with Gasteiger partial charge in [-0.15, -0.1) is 0 Å². The van der Waals surface area contributed by atoms with Gasteiger partial charge < -0.3 is 4.23 Å². The number of unbranched alkanes of at least 4 members (excludes halogenated alkanes) is 6. The minimum absolute atomic E-state index is 1.28. The van der Waals surface area contributed by atoms with Crippen molar-refractivity contribution < 1.29 is 0 Å². The van der Waals surface area contributed by atoms with Crippen LogP contribution < -0.4 is 4.23 Å². The molecule has 0 aromatic heterocycles. The minimum atomic E-state index is -1.49. The average molecular weight is 457 g/mol. The normalized spacial score (nSPS) is 12.4. The largest absolute Gasteiger partial charge is 0.423 e. The number of benzene rings is 1. The monoisotopic (exact) mass is 455 g/mol. The van der Waals surface area contributed by atoms with Crippen molar-refractivity contribution in [3.05, 3.63) is 28.7 Å². The molecule has 0 radical (unpaired) electrons. The summed E-state index contributed by atoms with van der Waals surface area (Å²) in [5.41, 5.74) is 1.46. The Labute approximate surface area is 174 Å². The van der Waals surface area contributed by atoms with Gasteiger partial charge in [-0.2, -0.15) is 0 Å². The quantitative estimate of drug-likeness (QED) is 0.212. The van der Waals surface area contributed by atoms with Gasteiger partial charge in [0.25, 0.3) is 0 Å². The van der Waals surface area contributed by atoms with Crippen molar-refractivity contribution in [3.8, 4) is 0 Å². The van der Waals surface area contributed by atoms with E-state index in [-0.39, 0.29) is 0 Å². The van der Waals surface area contributed by atoms with Crippen molar-refractivity contribution in [2.24, 2.45) is 0 Å². The molecule has 0 heterocycles. The summed E-state index contributed by atoms with van der Waals surface area (Å²) in [7, 11) is -2.99. The first-order valence-corrected chi connectivity index (χ1v) is 17.9. The van der Waals surface area contributed by atoms with Crippen LogP contribution in [0.5, 0.6) is 0 Å². The molecule has 150 valence electrons. The molecule has 0 atom stereocenters. The van der Waals surface area contributed by atoms with Gasteiger partial charge >= 0.3 is 0 Å². The minimum Gasteiger partial charge on any atom is -0.423 e. The molecule has 0 aliphatic rings. The van der Waals surface area contributed by atoms with E-state index in [9.17, 15) is 0 Å². The molecule has 4 heteroatoms. The summed E-state index contributed by atoms with van der Waals surface area (Å²) in [4.78, 5) is 0. The third-order valence-electron chi connectivity index (χ3n) is 5.59. The highest BCUT2D eigenvalue weighted by Gasteiger charge is 2.40. The summed E-state index contributed by atoms with van der Waals surface area (Å²) in [6.45, 7) is 15.1. The smallest absolute Gasteiger partial charge is 0.141 e. The molecule has 0 fully saturated rings. The maximum Gasteiger partial charge on any atom is 0.141 e. The standard InChI is InChI=1S/C22H42BrNSi2/c1-7-9-11-15-19-25(3,4)24(22-18-14-13-17-21(22)23)26(5,6)20-16-12-10-8-2/h13-14,17-18H,7-12,15-16,19-20H2,1-6H3. The Kier molecular flexibility index (Phi) is 10.8. The first-order valence-electron chi connectivity index (χ1n) is 10.8. The highest BCUT2D eigenvalue weighted by Crippen LogP contribution is 2.38. The molecular formula is C22H42BrNSi2. The van der Waals surface area contributed by atoms with E-state index in [0.717, 1.165) is 0 Å². The van der Waals surface area contributed by atoms with E-state index in [1.54, 1.807) is 0 Å². The number of hydrogen-bond acceptors (Lipinski definition) is 1. The zero-order chi connectivity index (χ0) is 19.6.